The maximum Gasteiger partial charge on any atom is 0.281 e. The number of ether oxygens (including phenoxy) is 1. The molecule has 2 aromatic rings. The predicted octanol–water partition coefficient (Wildman–Crippen LogP) is 2.89. The van der Waals surface area contributed by atoms with Gasteiger partial charge in [0.05, 0.1) is 10.6 Å². The van der Waals surface area contributed by atoms with E-state index >= 15 is 0 Å². The number of aryl methyl sites for hydroxylation is 1. The molecule has 142 valence electrons. The lowest BCUT2D eigenvalue weighted by Gasteiger charge is -2.16. The number of benzene rings is 1. The first-order valence-electron chi connectivity index (χ1n) is 8.90. The van der Waals surface area contributed by atoms with E-state index in [0.717, 1.165) is 18.4 Å². The number of hydrogen-bond acceptors (Lipinski definition) is 5. The highest BCUT2D eigenvalue weighted by Gasteiger charge is 2.20. The fourth-order valence-electron chi connectivity index (χ4n) is 2.98. The highest BCUT2D eigenvalue weighted by molar-refractivity contribution is 7.14. The number of primary amides is 1. The van der Waals surface area contributed by atoms with Crippen LogP contribution in [0.5, 0.6) is 5.75 Å². The number of nitrogens with one attached hydrogen (secondary N) is 1. The van der Waals surface area contributed by atoms with Crippen molar-refractivity contribution in [3.63, 3.8) is 0 Å². The zero-order chi connectivity index (χ0) is 19.4. The highest BCUT2D eigenvalue weighted by Crippen LogP contribution is 2.32. The summed E-state index contributed by atoms with van der Waals surface area (Å²) < 4.78 is 5.22. The van der Waals surface area contributed by atoms with Gasteiger partial charge in [-0.1, -0.05) is 6.92 Å². The molecule has 1 unspecified atom stereocenters. The van der Waals surface area contributed by atoms with Crippen molar-refractivity contribution in [3.05, 3.63) is 51.2 Å². The van der Waals surface area contributed by atoms with Crippen molar-refractivity contribution in [2.75, 3.05) is 6.61 Å². The number of carbonyl (C=O) groups excluding carboxylic acids is 2. The van der Waals surface area contributed by atoms with E-state index in [1.807, 2.05) is 25.1 Å². The van der Waals surface area contributed by atoms with E-state index in [0.29, 0.717) is 22.3 Å². The highest BCUT2D eigenvalue weighted by atomic mass is 32.1. The Bertz CT molecular complexity index is 871. The minimum atomic E-state index is -0.524. The Labute approximate surface area is 162 Å². The van der Waals surface area contributed by atoms with Crippen LogP contribution in [-0.4, -0.2) is 24.1 Å². The lowest BCUT2D eigenvalue weighted by Crippen LogP contribution is -2.20. The molecule has 27 heavy (non-hydrogen) atoms. The third-order valence-corrected chi connectivity index (χ3v) is 5.74. The first-order valence-corrected chi connectivity index (χ1v) is 9.71. The maximum absolute atomic E-state index is 12.4. The van der Waals surface area contributed by atoms with Gasteiger partial charge in [-0.2, -0.15) is 5.10 Å². The van der Waals surface area contributed by atoms with Gasteiger partial charge in [-0.15, -0.1) is 11.3 Å². The van der Waals surface area contributed by atoms with Crippen LogP contribution >= 0.6 is 11.3 Å². The van der Waals surface area contributed by atoms with E-state index in [9.17, 15) is 9.59 Å². The van der Waals surface area contributed by atoms with Crippen LogP contribution in [0.25, 0.3) is 0 Å². The summed E-state index contributed by atoms with van der Waals surface area (Å²) >= 11 is 1.57. The number of fused-ring (bicyclic) bond motifs is 1. The Morgan fingerprint density at radius 1 is 1.33 bits per heavy atom. The standard InChI is InChI=1S/C20H23N3O3S/c1-12-3-4-15-10-18(27-17(15)9-12)20(25)23-22-13(2)14-5-7-16(8-6-14)26-11-19(21)24/h5-8,10,12H,3-4,9,11H2,1-2H3,(H2,21,24)(H,23,25)/b22-13+. The molecule has 1 heterocycles. The molecule has 7 heteroatoms. The van der Waals surface area contributed by atoms with Gasteiger partial charge >= 0.3 is 0 Å². The molecule has 0 radical (unpaired) electrons. The molecule has 1 aromatic carbocycles. The zero-order valence-electron chi connectivity index (χ0n) is 15.5. The fourth-order valence-corrected chi connectivity index (χ4v) is 4.25. The summed E-state index contributed by atoms with van der Waals surface area (Å²) in [5.41, 5.74) is 10.5. The van der Waals surface area contributed by atoms with E-state index in [1.54, 1.807) is 23.5 Å². The maximum atomic E-state index is 12.4. The van der Waals surface area contributed by atoms with Gasteiger partial charge in [0.15, 0.2) is 6.61 Å². The molecule has 0 saturated carbocycles. The molecule has 0 spiro atoms. The summed E-state index contributed by atoms with van der Waals surface area (Å²) in [7, 11) is 0. The number of amides is 2. The Morgan fingerprint density at radius 3 is 2.78 bits per heavy atom. The molecule has 3 N–H and O–H groups in total. The molecule has 0 fully saturated rings. The van der Waals surface area contributed by atoms with E-state index in [-0.39, 0.29) is 12.5 Å². The monoisotopic (exact) mass is 385 g/mol. The summed E-state index contributed by atoms with van der Waals surface area (Å²) in [6.07, 6.45) is 3.29. The Hall–Kier alpha value is -2.67. The molecule has 6 nitrogen and oxygen atoms in total. The summed E-state index contributed by atoms with van der Waals surface area (Å²) in [6.45, 7) is 3.91. The van der Waals surface area contributed by atoms with Gasteiger partial charge in [-0.25, -0.2) is 5.43 Å². The number of carbonyl (C=O) groups is 2. The molecule has 1 atom stereocenters. The number of rotatable bonds is 6. The average molecular weight is 385 g/mol. The summed E-state index contributed by atoms with van der Waals surface area (Å²) in [6, 6.07) is 9.08. The van der Waals surface area contributed by atoms with Crippen molar-refractivity contribution >= 4 is 28.9 Å². The Balaban J connectivity index is 1.61. The second-order valence-corrected chi connectivity index (χ2v) is 7.96. The van der Waals surface area contributed by atoms with Crippen molar-refractivity contribution in [1.82, 2.24) is 5.43 Å². The van der Waals surface area contributed by atoms with Gasteiger partial charge < -0.3 is 10.5 Å². The number of thiophene rings is 1. The van der Waals surface area contributed by atoms with E-state index in [2.05, 4.69) is 17.5 Å². The van der Waals surface area contributed by atoms with E-state index in [1.165, 1.54) is 16.9 Å². The molecule has 0 saturated heterocycles. The van der Waals surface area contributed by atoms with Crippen LogP contribution in [0, 0.1) is 5.92 Å². The molecule has 2 amide bonds. The lowest BCUT2D eigenvalue weighted by atomic mass is 9.90. The minimum absolute atomic E-state index is 0.161. The zero-order valence-corrected chi connectivity index (χ0v) is 16.3. The van der Waals surface area contributed by atoms with Gasteiger partial charge in [-0.3, -0.25) is 9.59 Å². The smallest absolute Gasteiger partial charge is 0.281 e. The van der Waals surface area contributed by atoms with E-state index in [4.69, 9.17) is 10.5 Å². The molecular weight excluding hydrogens is 362 g/mol. The third kappa shape index (κ3) is 4.95. The number of nitrogens with two attached hydrogens (primary N) is 1. The van der Waals surface area contributed by atoms with Crippen LogP contribution in [0.15, 0.2) is 35.4 Å². The van der Waals surface area contributed by atoms with Gasteiger partial charge in [0.25, 0.3) is 11.8 Å². The third-order valence-electron chi connectivity index (χ3n) is 4.54. The van der Waals surface area contributed by atoms with Crippen LogP contribution in [-0.2, 0) is 17.6 Å². The van der Waals surface area contributed by atoms with Crippen molar-refractivity contribution in [2.24, 2.45) is 16.8 Å². The van der Waals surface area contributed by atoms with E-state index < -0.39 is 5.91 Å². The number of hydrogen-bond donors (Lipinski definition) is 2. The van der Waals surface area contributed by atoms with Crippen molar-refractivity contribution < 1.29 is 14.3 Å². The van der Waals surface area contributed by atoms with Crippen LogP contribution in [0.2, 0.25) is 0 Å². The van der Waals surface area contributed by atoms with Crippen molar-refractivity contribution in [1.29, 1.82) is 0 Å². The van der Waals surface area contributed by atoms with Crippen molar-refractivity contribution in [2.45, 2.75) is 33.1 Å². The lowest BCUT2D eigenvalue weighted by molar-refractivity contribution is -0.119. The topological polar surface area (TPSA) is 93.8 Å². The Morgan fingerprint density at radius 2 is 2.07 bits per heavy atom. The van der Waals surface area contributed by atoms with Gasteiger partial charge in [0, 0.05) is 4.88 Å². The van der Waals surface area contributed by atoms with Crippen LogP contribution < -0.4 is 15.9 Å². The predicted molar refractivity (Wildman–Crippen MR) is 106 cm³/mol. The largest absolute Gasteiger partial charge is 0.484 e. The Kier molecular flexibility index (Phi) is 5.91. The molecule has 3 rings (SSSR count). The molecule has 1 aliphatic carbocycles. The van der Waals surface area contributed by atoms with Gasteiger partial charge in [0.2, 0.25) is 0 Å². The first kappa shape index (κ1) is 19.1. The minimum Gasteiger partial charge on any atom is -0.484 e. The number of nitrogens with zero attached hydrogens (tertiary/aromatic N) is 1. The summed E-state index contributed by atoms with van der Waals surface area (Å²) in [4.78, 5) is 25.2. The molecular formula is C20H23N3O3S. The van der Waals surface area contributed by atoms with Gasteiger partial charge in [0.1, 0.15) is 5.75 Å². The second kappa shape index (κ2) is 8.35. The van der Waals surface area contributed by atoms with Crippen LogP contribution in [0.4, 0.5) is 0 Å². The quantitative estimate of drug-likeness (QED) is 0.591. The molecule has 0 bridgehead atoms. The SMILES string of the molecule is C/C(=N\NC(=O)c1cc2c(s1)CC(C)CC2)c1ccc(OCC(N)=O)cc1. The normalized spacial score (nSPS) is 16.5. The van der Waals surface area contributed by atoms with Crippen LogP contribution in [0.3, 0.4) is 0 Å². The second-order valence-electron chi connectivity index (χ2n) is 6.82. The van der Waals surface area contributed by atoms with Crippen LogP contribution in [0.1, 0.15) is 45.9 Å². The molecule has 0 aliphatic heterocycles. The summed E-state index contributed by atoms with van der Waals surface area (Å²) in [5, 5.41) is 4.20. The fraction of sp³-hybridized carbons (Fsp3) is 0.350. The molecule has 1 aliphatic rings. The van der Waals surface area contributed by atoms with Gasteiger partial charge in [-0.05, 0) is 73.6 Å². The summed E-state index contributed by atoms with van der Waals surface area (Å²) in [5.74, 6) is 0.530. The molecule has 1 aromatic heterocycles. The number of hydrazone groups is 1. The average Bonchev–Trinajstić information content (AvgIpc) is 3.07. The van der Waals surface area contributed by atoms with Crippen molar-refractivity contribution in [3.8, 4) is 5.75 Å². The first-order chi connectivity index (χ1) is 12.9.